The number of hydrogen-bond donors (Lipinski definition) is 1. The summed E-state index contributed by atoms with van der Waals surface area (Å²) in [5.74, 6) is 0.0937. The van der Waals surface area contributed by atoms with Gasteiger partial charge in [-0.25, -0.2) is 13.6 Å². The third-order valence-electron chi connectivity index (χ3n) is 2.98. The van der Waals surface area contributed by atoms with Gasteiger partial charge in [-0.05, 0) is 25.7 Å². The molecule has 0 atom stereocenters. The highest BCUT2D eigenvalue weighted by Crippen LogP contribution is 2.20. The Morgan fingerprint density at radius 3 is 2.38 bits per heavy atom. The Bertz CT molecular complexity index is 271. The van der Waals surface area contributed by atoms with Gasteiger partial charge in [0, 0.05) is 6.61 Å². The summed E-state index contributed by atoms with van der Waals surface area (Å²) in [6.45, 7) is 0.759. The molecule has 1 fully saturated rings. The molecule has 0 aromatic rings. The van der Waals surface area contributed by atoms with Gasteiger partial charge in [-0.3, -0.25) is 0 Å². The minimum Gasteiger partial charge on any atom is -0.378 e. The molecule has 0 saturated heterocycles. The summed E-state index contributed by atoms with van der Waals surface area (Å²) in [6, 6.07) is 0. The highest BCUT2D eigenvalue weighted by Gasteiger charge is 2.12. The quantitative estimate of drug-likeness (QED) is 0.699. The van der Waals surface area contributed by atoms with Gasteiger partial charge >= 0.3 is 0 Å². The van der Waals surface area contributed by atoms with Crippen LogP contribution in [0.5, 0.6) is 0 Å². The molecule has 2 N–H and O–H groups in total. The second-order valence-electron chi connectivity index (χ2n) is 4.56. The number of rotatable bonds is 7. The molecule has 5 heteroatoms. The molecular weight excluding hydrogens is 226 g/mol. The van der Waals surface area contributed by atoms with E-state index in [1.54, 1.807) is 0 Å². The van der Waals surface area contributed by atoms with Crippen molar-refractivity contribution in [2.45, 2.75) is 57.5 Å². The molecule has 0 heterocycles. The van der Waals surface area contributed by atoms with Crippen LogP contribution >= 0.6 is 0 Å². The van der Waals surface area contributed by atoms with Crippen molar-refractivity contribution in [3.8, 4) is 0 Å². The molecule has 4 nitrogen and oxygen atoms in total. The second-order valence-corrected chi connectivity index (χ2v) is 6.29. The molecule has 0 spiro atoms. The van der Waals surface area contributed by atoms with Crippen LogP contribution in [-0.4, -0.2) is 26.9 Å². The summed E-state index contributed by atoms with van der Waals surface area (Å²) in [4.78, 5) is 0. The van der Waals surface area contributed by atoms with Gasteiger partial charge in [0.25, 0.3) is 0 Å². The van der Waals surface area contributed by atoms with Gasteiger partial charge in [-0.15, -0.1) is 0 Å². The SMILES string of the molecule is NS(=O)(=O)CCCCCOC1CCCCC1. The van der Waals surface area contributed by atoms with Crippen LogP contribution in [0, 0.1) is 0 Å². The summed E-state index contributed by atoms with van der Waals surface area (Å²) in [5, 5.41) is 4.91. The van der Waals surface area contributed by atoms with E-state index in [1.165, 1.54) is 32.1 Å². The Balaban J connectivity index is 1.91. The highest BCUT2D eigenvalue weighted by atomic mass is 32.2. The van der Waals surface area contributed by atoms with E-state index >= 15 is 0 Å². The van der Waals surface area contributed by atoms with Crippen molar-refractivity contribution >= 4 is 10.0 Å². The van der Waals surface area contributed by atoms with Crippen molar-refractivity contribution in [1.82, 2.24) is 0 Å². The highest BCUT2D eigenvalue weighted by molar-refractivity contribution is 7.89. The fourth-order valence-electron chi connectivity index (χ4n) is 2.06. The van der Waals surface area contributed by atoms with Crippen LogP contribution in [0.2, 0.25) is 0 Å². The van der Waals surface area contributed by atoms with Crippen LogP contribution in [0.3, 0.4) is 0 Å². The molecule has 0 aromatic carbocycles. The largest absolute Gasteiger partial charge is 0.378 e. The van der Waals surface area contributed by atoms with Crippen molar-refractivity contribution in [1.29, 1.82) is 0 Å². The lowest BCUT2D eigenvalue weighted by Crippen LogP contribution is -2.18. The predicted molar refractivity (Wildman–Crippen MR) is 64.7 cm³/mol. The summed E-state index contributed by atoms with van der Waals surface area (Å²) in [5.41, 5.74) is 0. The first kappa shape index (κ1) is 13.9. The molecule has 16 heavy (non-hydrogen) atoms. The van der Waals surface area contributed by atoms with Crippen molar-refractivity contribution in [2.75, 3.05) is 12.4 Å². The maximum Gasteiger partial charge on any atom is 0.209 e. The molecule has 0 aliphatic heterocycles. The van der Waals surface area contributed by atoms with Crippen molar-refractivity contribution in [2.24, 2.45) is 5.14 Å². The Kier molecular flexibility index (Phi) is 6.31. The molecule has 0 aromatic heterocycles. The number of primary sulfonamides is 1. The predicted octanol–water partition coefficient (Wildman–Crippen LogP) is 1.79. The third-order valence-corrected chi connectivity index (χ3v) is 3.84. The first-order valence-electron chi connectivity index (χ1n) is 6.20. The van der Waals surface area contributed by atoms with E-state index in [2.05, 4.69) is 0 Å². The van der Waals surface area contributed by atoms with Gasteiger partial charge in [0.05, 0.1) is 11.9 Å². The van der Waals surface area contributed by atoms with Gasteiger partial charge in [0.2, 0.25) is 10.0 Å². The number of hydrogen-bond acceptors (Lipinski definition) is 3. The van der Waals surface area contributed by atoms with E-state index in [0.29, 0.717) is 12.5 Å². The number of unbranched alkanes of at least 4 members (excludes halogenated alkanes) is 2. The van der Waals surface area contributed by atoms with E-state index in [1.807, 2.05) is 0 Å². The van der Waals surface area contributed by atoms with Crippen LogP contribution < -0.4 is 5.14 Å². The standard InChI is InChI=1S/C11H23NO3S/c12-16(13,14)10-6-2-5-9-15-11-7-3-1-4-8-11/h11H,1-10H2,(H2,12,13,14). The molecule has 1 rings (SSSR count). The van der Waals surface area contributed by atoms with Crippen molar-refractivity contribution < 1.29 is 13.2 Å². The van der Waals surface area contributed by atoms with Gasteiger partial charge in [-0.2, -0.15) is 0 Å². The topological polar surface area (TPSA) is 69.4 Å². The smallest absolute Gasteiger partial charge is 0.209 e. The first-order chi connectivity index (χ1) is 7.58. The third kappa shape index (κ3) is 7.19. The molecule has 0 amide bonds. The van der Waals surface area contributed by atoms with Crippen molar-refractivity contribution in [3.63, 3.8) is 0 Å². The maximum atomic E-state index is 10.7. The van der Waals surface area contributed by atoms with E-state index < -0.39 is 10.0 Å². The lowest BCUT2D eigenvalue weighted by molar-refractivity contribution is 0.0264. The average molecular weight is 249 g/mol. The fourth-order valence-corrected chi connectivity index (χ4v) is 2.67. The zero-order valence-electron chi connectivity index (χ0n) is 9.86. The molecule has 96 valence electrons. The van der Waals surface area contributed by atoms with Crippen LogP contribution in [-0.2, 0) is 14.8 Å². The molecule has 0 radical (unpaired) electrons. The van der Waals surface area contributed by atoms with Crippen LogP contribution in [0.25, 0.3) is 0 Å². The minimum absolute atomic E-state index is 0.0937. The van der Waals surface area contributed by atoms with E-state index in [4.69, 9.17) is 9.88 Å². The van der Waals surface area contributed by atoms with Gasteiger partial charge < -0.3 is 4.74 Å². The molecule has 0 bridgehead atoms. The number of ether oxygens (including phenoxy) is 1. The Hall–Kier alpha value is -0.130. The molecular formula is C11H23NO3S. The minimum atomic E-state index is -3.27. The molecule has 0 unspecified atom stereocenters. The van der Waals surface area contributed by atoms with E-state index in [9.17, 15) is 8.42 Å². The lowest BCUT2D eigenvalue weighted by atomic mass is 9.98. The summed E-state index contributed by atoms with van der Waals surface area (Å²) in [7, 11) is -3.27. The first-order valence-corrected chi connectivity index (χ1v) is 7.91. The van der Waals surface area contributed by atoms with Gasteiger partial charge in [0.1, 0.15) is 0 Å². The lowest BCUT2D eigenvalue weighted by Gasteiger charge is -2.21. The second kappa shape index (κ2) is 7.25. The normalized spacial score (nSPS) is 18.8. The zero-order chi connectivity index (χ0) is 11.9. The monoisotopic (exact) mass is 249 g/mol. The number of sulfonamides is 1. The molecule has 1 aliphatic carbocycles. The van der Waals surface area contributed by atoms with Gasteiger partial charge in [0.15, 0.2) is 0 Å². The zero-order valence-corrected chi connectivity index (χ0v) is 10.7. The Morgan fingerprint density at radius 2 is 1.75 bits per heavy atom. The Morgan fingerprint density at radius 1 is 1.06 bits per heavy atom. The fraction of sp³-hybridized carbons (Fsp3) is 1.00. The molecule has 1 aliphatic rings. The van der Waals surface area contributed by atoms with E-state index in [-0.39, 0.29) is 5.75 Å². The number of nitrogens with two attached hydrogens (primary N) is 1. The van der Waals surface area contributed by atoms with E-state index in [0.717, 1.165) is 19.4 Å². The van der Waals surface area contributed by atoms with Crippen LogP contribution in [0.1, 0.15) is 51.4 Å². The van der Waals surface area contributed by atoms with Crippen LogP contribution in [0.15, 0.2) is 0 Å². The van der Waals surface area contributed by atoms with Crippen LogP contribution in [0.4, 0.5) is 0 Å². The van der Waals surface area contributed by atoms with Crippen molar-refractivity contribution in [3.05, 3.63) is 0 Å². The average Bonchev–Trinajstić information content (AvgIpc) is 2.23. The Labute approximate surface area is 98.6 Å². The summed E-state index contributed by atoms with van der Waals surface area (Å²) < 4.78 is 27.1. The van der Waals surface area contributed by atoms with Gasteiger partial charge in [-0.1, -0.05) is 25.7 Å². The maximum absolute atomic E-state index is 10.7. The summed E-state index contributed by atoms with van der Waals surface area (Å²) >= 11 is 0. The summed E-state index contributed by atoms with van der Waals surface area (Å²) in [6.07, 6.45) is 9.21. The molecule has 1 saturated carbocycles.